The molecule has 0 aliphatic carbocycles. The van der Waals surface area contributed by atoms with E-state index in [4.69, 9.17) is 11.6 Å². The molecule has 1 aliphatic rings. The van der Waals surface area contributed by atoms with Crippen LogP contribution in [0.2, 0.25) is 5.02 Å². The van der Waals surface area contributed by atoms with Gasteiger partial charge in [-0.15, -0.1) is 0 Å². The fourth-order valence-corrected chi connectivity index (χ4v) is 4.30. The van der Waals surface area contributed by atoms with Crippen LogP contribution in [0.25, 0.3) is 11.2 Å². The maximum absolute atomic E-state index is 13.5. The van der Waals surface area contributed by atoms with Crippen molar-refractivity contribution in [2.45, 2.75) is 6.54 Å². The third kappa shape index (κ3) is 4.32. The van der Waals surface area contributed by atoms with Crippen molar-refractivity contribution in [3.05, 3.63) is 99.4 Å². The fourth-order valence-electron chi connectivity index (χ4n) is 4.11. The minimum Gasteiger partial charge on any atom is -0.348 e. The van der Waals surface area contributed by atoms with E-state index in [1.54, 1.807) is 39.9 Å². The van der Waals surface area contributed by atoms with E-state index in [1.165, 1.54) is 0 Å². The van der Waals surface area contributed by atoms with E-state index in [0.29, 0.717) is 60.3 Å². The third-order valence-corrected chi connectivity index (χ3v) is 6.04. The first kappa shape index (κ1) is 21.2. The molecule has 4 aromatic rings. The van der Waals surface area contributed by atoms with Gasteiger partial charge in [0, 0.05) is 43.0 Å². The number of hydrogen-bond acceptors (Lipinski definition) is 5. The van der Waals surface area contributed by atoms with Gasteiger partial charge >= 0.3 is 0 Å². The number of hydrogen-bond donors (Lipinski definition) is 0. The average molecular weight is 460 g/mol. The molecule has 33 heavy (non-hydrogen) atoms. The Kier molecular flexibility index (Phi) is 5.79. The molecule has 0 saturated carbocycles. The molecule has 1 aliphatic heterocycles. The summed E-state index contributed by atoms with van der Waals surface area (Å²) in [5.74, 6) is 0.329. The Morgan fingerprint density at radius 2 is 1.73 bits per heavy atom. The Morgan fingerprint density at radius 3 is 2.48 bits per heavy atom. The number of fused-ring (bicyclic) bond motifs is 1. The predicted molar refractivity (Wildman–Crippen MR) is 129 cm³/mol. The zero-order valence-electron chi connectivity index (χ0n) is 17.9. The van der Waals surface area contributed by atoms with E-state index < -0.39 is 0 Å². The molecule has 8 heteroatoms. The van der Waals surface area contributed by atoms with Crippen molar-refractivity contribution in [3.8, 4) is 0 Å². The van der Waals surface area contributed by atoms with Crippen LogP contribution in [0.3, 0.4) is 0 Å². The van der Waals surface area contributed by atoms with E-state index in [9.17, 15) is 9.59 Å². The van der Waals surface area contributed by atoms with E-state index in [0.717, 1.165) is 5.56 Å². The number of rotatable bonds is 4. The van der Waals surface area contributed by atoms with Crippen molar-refractivity contribution in [2.75, 3.05) is 31.1 Å². The summed E-state index contributed by atoms with van der Waals surface area (Å²) >= 11 is 6.04. The van der Waals surface area contributed by atoms with Crippen molar-refractivity contribution < 1.29 is 4.79 Å². The van der Waals surface area contributed by atoms with Crippen LogP contribution in [0.15, 0.2) is 77.7 Å². The highest BCUT2D eigenvalue weighted by Gasteiger charge is 2.25. The maximum Gasteiger partial charge on any atom is 0.295 e. The number of amides is 1. The van der Waals surface area contributed by atoms with Crippen LogP contribution in [0.4, 0.5) is 5.82 Å². The second-order valence-electron chi connectivity index (χ2n) is 7.95. The molecule has 166 valence electrons. The van der Waals surface area contributed by atoms with Crippen LogP contribution < -0.4 is 10.5 Å². The van der Waals surface area contributed by atoms with Crippen LogP contribution in [0.5, 0.6) is 0 Å². The molecule has 2 aromatic heterocycles. The van der Waals surface area contributed by atoms with Crippen LogP contribution in [-0.2, 0) is 6.54 Å². The third-order valence-electron chi connectivity index (χ3n) is 5.81. The van der Waals surface area contributed by atoms with Gasteiger partial charge in [0.2, 0.25) is 0 Å². The summed E-state index contributed by atoms with van der Waals surface area (Å²) < 4.78 is 1.68. The quantitative estimate of drug-likeness (QED) is 0.467. The van der Waals surface area contributed by atoms with E-state index in [2.05, 4.69) is 9.97 Å². The number of piperazine rings is 1. The number of carbonyl (C=O) groups excluding carboxylic acids is 1. The highest BCUT2D eigenvalue weighted by atomic mass is 35.5. The van der Waals surface area contributed by atoms with E-state index >= 15 is 0 Å². The molecular weight excluding hydrogens is 438 g/mol. The van der Waals surface area contributed by atoms with Crippen molar-refractivity contribution in [1.29, 1.82) is 0 Å². The Hall–Kier alpha value is -3.71. The summed E-state index contributed by atoms with van der Waals surface area (Å²) in [6, 6.07) is 20.5. The Labute approximate surface area is 195 Å². The van der Waals surface area contributed by atoms with Crippen molar-refractivity contribution in [3.63, 3.8) is 0 Å². The molecule has 2 aromatic carbocycles. The normalized spacial score (nSPS) is 14.0. The van der Waals surface area contributed by atoms with E-state index in [1.807, 2.05) is 47.4 Å². The lowest BCUT2D eigenvalue weighted by Gasteiger charge is -2.35. The van der Waals surface area contributed by atoms with Crippen molar-refractivity contribution in [2.24, 2.45) is 0 Å². The predicted octanol–water partition coefficient (Wildman–Crippen LogP) is 3.46. The highest BCUT2D eigenvalue weighted by Crippen LogP contribution is 2.18. The molecule has 1 fully saturated rings. The first-order chi connectivity index (χ1) is 16.1. The zero-order chi connectivity index (χ0) is 22.8. The van der Waals surface area contributed by atoms with Gasteiger partial charge in [-0.25, -0.2) is 9.97 Å². The molecule has 3 heterocycles. The standard InChI is InChI=1S/C25H22ClN5O2/c26-20-9-4-8-19(16-20)24(32)30-14-12-29(13-15-30)23-25(33)31(17-18-6-2-1-3-7-18)22-21(28-23)10-5-11-27-22/h1-11,16H,12-15,17H2. The van der Waals surface area contributed by atoms with Gasteiger partial charge in [0.1, 0.15) is 5.52 Å². The molecule has 0 N–H and O–H groups in total. The van der Waals surface area contributed by atoms with Crippen molar-refractivity contribution >= 4 is 34.5 Å². The summed E-state index contributed by atoms with van der Waals surface area (Å²) in [4.78, 5) is 39.1. The van der Waals surface area contributed by atoms with Crippen LogP contribution in [-0.4, -0.2) is 51.5 Å². The molecular formula is C25H22ClN5O2. The first-order valence-corrected chi connectivity index (χ1v) is 11.2. The smallest absolute Gasteiger partial charge is 0.295 e. The lowest BCUT2D eigenvalue weighted by Crippen LogP contribution is -2.50. The molecule has 1 amide bonds. The van der Waals surface area contributed by atoms with Crippen molar-refractivity contribution in [1.82, 2.24) is 19.4 Å². The van der Waals surface area contributed by atoms with Gasteiger partial charge in [0.15, 0.2) is 11.5 Å². The molecule has 0 spiro atoms. The average Bonchev–Trinajstić information content (AvgIpc) is 2.86. The van der Waals surface area contributed by atoms with Gasteiger partial charge in [0.05, 0.1) is 6.54 Å². The lowest BCUT2D eigenvalue weighted by molar-refractivity contribution is 0.0746. The number of aromatic nitrogens is 3. The molecule has 7 nitrogen and oxygen atoms in total. The summed E-state index contributed by atoms with van der Waals surface area (Å²) in [7, 11) is 0. The minimum absolute atomic E-state index is 0.0608. The Bertz CT molecular complexity index is 1360. The number of anilines is 1. The lowest BCUT2D eigenvalue weighted by atomic mass is 10.2. The number of nitrogens with zero attached hydrogens (tertiary/aromatic N) is 5. The zero-order valence-corrected chi connectivity index (χ0v) is 18.7. The van der Waals surface area contributed by atoms with Crippen LogP contribution in [0, 0.1) is 0 Å². The molecule has 0 atom stereocenters. The monoisotopic (exact) mass is 459 g/mol. The molecule has 0 bridgehead atoms. The first-order valence-electron chi connectivity index (χ1n) is 10.8. The van der Waals surface area contributed by atoms with Crippen LogP contribution in [0.1, 0.15) is 15.9 Å². The van der Waals surface area contributed by atoms with Crippen LogP contribution >= 0.6 is 11.6 Å². The van der Waals surface area contributed by atoms with Gasteiger partial charge in [-0.05, 0) is 35.9 Å². The molecule has 0 unspecified atom stereocenters. The fraction of sp³-hybridized carbons (Fsp3) is 0.200. The number of halogens is 1. The molecule has 5 rings (SSSR count). The molecule has 0 radical (unpaired) electrons. The van der Waals surface area contributed by atoms with Gasteiger partial charge in [-0.3, -0.25) is 14.2 Å². The highest BCUT2D eigenvalue weighted by molar-refractivity contribution is 6.30. The largest absolute Gasteiger partial charge is 0.348 e. The maximum atomic E-state index is 13.5. The SMILES string of the molecule is O=C(c1cccc(Cl)c1)N1CCN(c2nc3cccnc3n(Cc3ccccc3)c2=O)CC1. The van der Waals surface area contributed by atoms with Gasteiger partial charge in [0.25, 0.3) is 11.5 Å². The Balaban J connectivity index is 1.42. The summed E-state index contributed by atoms with van der Waals surface area (Å²) in [5, 5.41) is 0.535. The van der Waals surface area contributed by atoms with E-state index in [-0.39, 0.29) is 11.5 Å². The number of carbonyl (C=O) groups is 1. The topological polar surface area (TPSA) is 71.3 Å². The summed E-state index contributed by atoms with van der Waals surface area (Å²) in [5.41, 5.74) is 2.63. The van der Waals surface area contributed by atoms with Gasteiger partial charge in [-0.2, -0.15) is 0 Å². The van der Waals surface area contributed by atoms with Gasteiger partial charge < -0.3 is 9.80 Å². The minimum atomic E-state index is -0.181. The number of pyridine rings is 1. The molecule has 1 saturated heterocycles. The second-order valence-corrected chi connectivity index (χ2v) is 8.38. The second kappa shape index (κ2) is 9.03. The summed E-state index contributed by atoms with van der Waals surface area (Å²) in [6.45, 7) is 2.44. The summed E-state index contributed by atoms with van der Waals surface area (Å²) in [6.07, 6.45) is 1.67. The number of benzene rings is 2. The van der Waals surface area contributed by atoms with Gasteiger partial charge in [-0.1, -0.05) is 48.0 Å². The Morgan fingerprint density at radius 1 is 0.939 bits per heavy atom.